The maximum Gasteiger partial charge on any atom is 0.334 e. The average molecular weight is 268 g/mol. The van der Waals surface area contributed by atoms with Crippen LogP contribution in [0.4, 0.5) is 4.79 Å². The number of morpholine rings is 1. The first-order valence-corrected chi connectivity index (χ1v) is 6.98. The first kappa shape index (κ1) is 12.7. The van der Waals surface area contributed by atoms with E-state index in [0.717, 1.165) is 12.5 Å². The molecule has 3 rings (SSSR count). The number of ether oxygens (including phenoxy) is 1. The number of hydrogen-bond donors (Lipinski definition) is 2. The van der Waals surface area contributed by atoms with Crippen molar-refractivity contribution in [3.63, 3.8) is 0 Å². The van der Waals surface area contributed by atoms with Crippen molar-refractivity contribution in [2.24, 2.45) is 11.3 Å². The zero-order valence-corrected chi connectivity index (χ0v) is 10.9. The summed E-state index contributed by atoms with van der Waals surface area (Å²) in [6.45, 7) is 1.63. The standard InChI is InChI=1S/C13H20N2O4/c16-11(17)10-7-15(5-6-19-10)12(18)14-8-13(3-4-13)9-1-2-9/h9-10H,1-8H2,(H,14,18)(H,16,17). The third-order valence-electron chi connectivity index (χ3n) is 4.56. The minimum Gasteiger partial charge on any atom is -0.479 e. The molecular formula is C13H20N2O4. The summed E-state index contributed by atoms with van der Waals surface area (Å²) < 4.78 is 5.10. The number of nitrogens with one attached hydrogen (secondary N) is 1. The zero-order chi connectivity index (χ0) is 13.5. The maximum atomic E-state index is 12.1. The summed E-state index contributed by atoms with van der Waals surface area (Å²) in [7, 11) is 0. The number of carboxylic acids is 1. The second kappa shape index (κ2) is 4.67. The third-order valence-corrected chi connectivity index (χ3v) is 4.56. The molecule has 6 heteroatoms. The van der Waals surface area contributed by atoms with Gasteiger partial charge < -0.3 is 20.1 Å². The number of aliphatic carboxylic acids is 1. The lowest BCUT2D eigenvalue weighted by Crippen LogP contribution is -2.52. The van der Waals surface area contributed by atoms with E-state index in [-0.39, 0.29) is 19.2 Å². The topological polar surface area (TPSA) is 78.9 Å². The number of carbonyl (C=O) groups is 2. The summed E-state index contributed by atoms with van der Waals surface area (Å²) in [6, 6.07) is -0.151. The van der Waals surface area contributed by atoms with Gasteiger partial charge in [-0.2, -0.15) is 0 Å². The fourth-order valence-electron chi connectivity index (χ4n) is 2.93. The van der Waals surface area contributed by atoms with Crippen molar-refractivity contribution in [2.75, 3.05) is 26.2 Å². The largest absolute Gasteiger partial charge is 0.479 e. The van der Waals surface area contributed by atoms with Crippen LogP contribution in [0.25, 0.3) is 0 Å². The van der Waals surface area contributed by atoms with Crippen LogP contribution in [0.2, 0.25) is 0 Å². The molecule has 1 aliphatic heterocycles. The lowest BCUT2D eigenvalue weighted by atomic mass is 10.0. The minimum absolute atomic E-state index is 0.137. The van der Waals surface area contributed by atoms with Crippen molar-refractivity contribution < 1.29 is 19.4 Å². The molecule has 1 unspecified atom stereocenters. The highest BCUT2D eigenvalue weighted by molar-refractivity contribution is 5.77. The van der Waals surface area contributed by atoms with E-state index in [4.69, 9.17) is 9.84 Å². The van der Waals surface area contributed by atoms with Gasteiger partial charge in [0.2, 0.25) is 0 Å². The Morgan fingerprint density at radius 3 is 2.68 bits per heavy atom. The number of carboxylic acid groups (broad SMARTS) is 1. The van der Waals surface area contributed by atoms with Crippen LogP contribution in [-0.4, -0.2) is 54.4 Å². The van der Waals surface area contributed by atoms with Gasteiger partial charge in [-0.05, 0) is 37.0 Å². The molecule has 0 aromatic rings. The van der Waals surface area contributed by atoms with Crippen LogP contribution in [0.1, 0.15) is 25.7 Å². The van der Waals surface area contributed by atoms with Gasteiger partial charge >= 0.3 is 12.0 Å². The smallest absolute Gasteiger partial charge is 0.334 e. The Kier molecular flexibility index (Phi) is 3.12. The van der Waals surface area contributed by atoms with E-state index in [2.05, 4.69) is 5.32 Å². The van der Waals surface area contributed by atoms with Gasteiger partial charge in [-0.1, -0.05) is 0 Å². The summed E-state index contributed by atoms with van der Waals surface area (Å²) in [5, 5.41) is 11.9. The van der Waals surface area contributed by atoms with Crippen molar-refractivity contribution >= 4 is 12.0 Å². The zero-order valence-electron chi connectivity index (χ0n) is 10.9. The molecule has 2 aliphatic carbocycles. The predicted octanol–water partition coefficient (Wildman–Crippen LogP) is 0.672. The van der Waals surface area contributed by atoms with Crippen molar-refractivity contribution in [1.29, 1.82) is 0 Å². The number of carbonyl (C=O) groups excluding carboxylic acids is 1. The van der Waals surface area contributed by atoms with E-state index in [1.165, 1.54) is 25.7 Å². The highest BCUT2D eigenvalue weighted by atomic mass is 16.5. The SMILES string of the molecule is O=C(O)C1CN(C(=O)NCC2(C3CC3)CC2)CCO1. The Labute approximate surface area is 112 Å². The fourth-order valence-corrected chi connectivity index (χ4v) is 2.93. The monoisotopic (exact) mass is 268 g/mol. The van der Waals surface area contributed by atoms with Gasteiger partial charge in [0.1, 0.15) is 0 Å². The van der Waals surface area contributed by atoms with Gasteiger partial charge in [0.05, 0.1) is 13.2 Å². The van der Waals surface area contributed by atoms with Crippen LogP contribution >= 0.6 is 0 Å². The van der Waals surface area contributed by atoms with Crippen LogP contribution in [0.15, 0.2) is 0 Å². The predicted molar refractivity (Wildman–Crippen MR) is 66.7 cm³/mol. The van der Waals surface area contributed by atoms with Crippen LogP contribution in [0, 0.1) is 11.3 Å². The van der Waals surface area contributed by atoms with E-state index >= 15 is 0 Å². The van der Waals surface area contributed by atoms with E-state index in [0.29, 0.717) is 12.0 Å². The number of urea groups is 1. The Balaban J connectivity index is 1.48. The summed E-state index contributed by atoms with van der Waals surface area (Å²) in [4.78, 5) is 24.5. The van der Waals surface area contributed by atoms with Gasteiger partial charge in [0.15, 0.2) is 6.10 Å². The number of rotatable bonds is 4. The molecule has 3 fully saturated rings. The molecule has 1 heterocycles. The number of amides is 2. The summed E-state index contributed by atoms with van der Waals surface area (Å²) >= 11 is 0. The van der Waals surface area contributed by atoms with Crippen LogP contribution in [-0.2, 0) is 9.53 Å². The molecule has 6 nitrogen and oxygen atoms in total. The summed E-state index contributed by atoms with van der Waals surface area (Å²) in [6.07, 6.45) is 4.15. The van der Waals surface area contributed by atoms with E-state index in [9.17, 15) is 9.59 Å². The van der Waals surface area contributed by atoms with E-state index < -0.39 is 12.1 Å². The Bertz CT molecular complexity index is 390. The second-order valence-corrected chi connectivity index (χ2v) is 5.94. The molecule has 0 spiro atoms. The molecule has 0 radical (unpaired) electrons. The first-order valence-electron chi connectivity index (χ1n) is 6.98. The number of nitrogens with zero attached hydrogens (tertiary/aromatic N) is 1. The molecule has 2 saturated carbocycles. The third kappa shape index (κ3) is 2.68. The van der Waals surface area contributed by atoms with E-state index in [1.807, 2.05) is 0 Å². The van der Waals surface area contributed by atoms with Crippen LogP contribution in [0.3, 0.4) is 0 Å². The van der Waals surface area contributed by atoms with Gasteiger partial charge in [-0.3, -0.25) is 0 Å². The molecule has 1 saturated heterocycles. The molecule has 2 amide bonds. The molecule has 0 aromatic heterocycles. The highest BCUT2D eigenvalue weighted by Gasteiger charge is 2.53. The number of hydrogen-bond acceptors (Lipinski definition) is 3. The van der Waals surface area contributed by atoms with Crippen molar-refractivity contribution in [1.82, 2.24) is 10.2 Å². The summed E-state index contributed by atoms with van der Waals surface area (Å²) in [5.41, 5.74) is 0.369. The molecule has 0 aromatic carbocycles. The normalized spacial score (nSPS) is 28.8. The van der Waals surface area contributed by atoms with E-state index in [1.54, 1.807) is 4.90 Å². The fraction of sp³-hybridized carbons (Fsp3) is 0.846. The molecule has 3 aliphatic rings. The quantitative estimate of drug-likeness (QED) is 0.785. The first-order chi connectivity index (χ1) is 9.11. The summed E-state index contributed by atoms with van der Waals surface area (Å²) in [5.74, 6) is -0.196. The van der Waals surface area contributed by atoms with Crippen LogP contribution < -0.4 is 5.32 Å². The Morgan fingerprint density at radius 1 is 1.37 bits per heavy atom. The van der Waals surface area contributed by atoms with Gasteiger partial charge in [-0.15, -0.1) is 0 Å². The molecule has 106 valence electrons. The lowest BCUT2D eigenvalue weighted by Gasteiger charge is -2.31. The second-order valence-electron chi connectivity index (χ2n) is 5.94. The molecule has 0 bridgehead atoms. The Morgan fingerprint density at radius 2 is 2.11 bits per heavy atom. The molecular weight excluding hydrogens is 248 g/mol. The van der Waals surface area contributed by atoms with Crippen molar-refractivity contribution in [2.45, 2.75) is 31.8 Å². The molecule has 2 N–H and O–H groups in total. The minimum atomic E-state index is -1.01. The molecule has 19 heavy (non-hydrogen) atoms. The Hall–Kier alpha value is -1.30. The van der Waals surface area contributed by atoms with Gasteiger partial charge in [0, 0.05) is 13.1 Å². The molecule has 1 atom stereocenters. The lowest BCUT2D eigenvalue weighted by molar-refractivity contribution is -0.154. The van der Waals surface area contributed by atoms with Crippen LogP contribution in [0.5, 0.6) is 0 Å². The van der Waals surface area contributed by atoms with Crippen molar-refractivity contribution in [3.8, 4) is 0 Å². The van der Waals surface area contributed by atoms with Gasteiger partial charge in [0.25, 0.3) is 0 Å². The van der Waals surface area contributed by atoms with Gasteiger partial charge in [-0.25, -0.2) is 9.59 Å². The highest BCUT2D eigenvalue weighted by Crippen LogP contribution is 2.60. The maximum absolute atomic E-state index is 12.1. The van der Waals surface area contributed by atoms with Crippen molar-refractivity contribution in [3.05, 3.63) is 0 Å². The average Bonchev–Trinajstić information content (AvgIpc) is 3.28.